The van der Waals surface area contributed by atoms with Crippen molar-refractivity contribution in [3.8, 4) is 0 Å². The Kier molecular flexibility index (Phi) is 2.09. The molecule has 2 nitrogen and oxygen atoms in total. The third-order valence-corrected chi connectivity index (χ3v) is 4.12. The van der Waals surface area contributed by atoms with Gasteiger partial charge in [0.2, 0.25) is 0 Å². The third-order valence-electron chi connectivity index (χ3n) is 4.12. The van der Waals surface area contributed by atoms with Crippen molar-refractivity contribution in [3.05, 3.63) is 41.5 Å². The minimum Gasteiger partial charge on any atom is -0.295 e. The first-order valence-corrected chi connectivity index (χ1v) is 6.08. The van der Waals surface area contributed by atoms with Gasteiger partial charge in [0, 0.05) is 12.0 Å². The number of rotatable bonds is 1. The van der Waals surface area contributed by atoms with Crippen LogP contribution < -0.4 is 0 Å². The van der Waals surface area contributed by atoms with E-state index in [0.29, 0.717) is 12.8 Å². The number of fused-ring (bicyclic) bond motifs is 3. The molecule has 0 saturated heterocycles. The van der Waals surface area contributed by atoms with Gasteiger partial charge in [-0.2, -0.15) is 0 Å². The monoisotopic (exact) mass is 226 g/mol. The molecule has 0 saturated carbocycles. The van der Waals surface area contributed by atoms with Crippen molar-refractivity contribution in [2.24, 2.45) is 5.41 Å². The molecule has 0 bridgehead atoms. The van der Waals surface area contributed by atoms with E-state index in [1.54, 1.807) is 6.08 Å². The zero-order chi connectivity index (χ0) is 12.0. The lowest BCUT2D eigenvalue weighted by molar-refractivity contribution is -0.115. The number of benzene rings is 1. The molecule has 0 spiro atoms. The number of Topliss-reactive ketones (excluding diaryl/α,β-unsaturated/α-hetero) is 1. The zero-order valence-corrected chi connectivity index (χ0v) is 9.82. The van der Waals surface area contributed by atoms with Crippen LogP contribution in [0, 0.1) is 5.41 Å². The van der Waals surface area contributed by atoms with Crippen molar-refractivity contribution >= 4 is 17.1 Å². The molecule has 0 fully saturated rings. The van der Waals surface area contributed by atoms with Crippen LogP contribution in [-0.4, -0.2) is 11.6 Å². The van der Waals surface area contributed by atoms with Crippen LogP contribution in [-0.2, 0) is 4.79 Å². The first-order valence-electron chi connectivity index (χ1n) is 6.08. The Hall–Kier alpha value is -1.70. The molecule has 3 rings (SSSR count). The van der Waals surface area contributed by atoms with E-state index in [0.717, 1.165) is 23.1 Å². The van der Waals surface area contributed by atoms with E-state index in [1.165, 1.54) is 0 Å². The highest BCUT2D eigenvalue weighted by molar-refractivity contribution is 6.20. The normalized spacial score (nSPS) is 26.5. The molecular formula is C15H14O2. The molecule has 1 atom stereocenters. The molecule has 2 heteroatoms. The number of carbonyl (C=O) groups is 2. The van der Waals surface area contributed by atoms with E-state index in [4.69, 9.17) is 0 Å². The highest BCUT2D eigenvalue weighted by atomic mass is 16.1. The summed E-state index contributed by atoms with van der Waals surface area (Å²) < 4.78 is 0. The van der Waals surface area contributed by atoms with Crippen molar-refractivity contribution in [1.82, 2.24) is 0 Å². The highest BCUT2D eigenvalue weighted by Crippen LogP contribution is 2.53. The van der Waals surface area contributed by atoms with Crippen LogP contribution in [0.2, 0.25) is 0 Å². The molecule has 17 heavy (non-hydrogen) atoms. The minimum absolute atomic E-state index is 0.147. The number of hydrogen-bond donors (Lipinski definition) is 0. The van der Waals surface area contributed by atoms with Gasteiger partial charge in [-0.15, -0.1) is 0 Å². The van der Waals surface area contributed by atoms with Gasteiger partial charge < -0.3 is 0 Å². The third kappa shape index (κ3) is 1.21. The number of hydrogen-bond acceptors (Lipinski definition) is 2. The van der Waals surface area contributed by atoms with Gasteiger partial charge in [0.15, 0.2) is 11.6 Å². The van der Waals surface area contributed by atoms with Crippen molar-refractivity contribution in [3.63, 3.8) is 0 Å². The molecule has 1 aromatic carbocycles. The Morgan fingerprint density at radius 3 is 2.59 bits per heavy atom. The first-order chi connectivity index (χ1) is 8.19. The second-order valence-electron chi connectivity index (χ2n) is 4.83. The minimum atomic E-state index is -0.419. The second-order valence-corrected chi connectivity index (χ2v) is 4.83. The number of allylic oxidation sites excluding steroid dienone is 2. The topological polar surface area (TPSA) is 34.1 Å². The SMILES string of the molecule is CC[C@@]12CCC(=O)C=C1c1ccccc1C2=O. The Balaban J connectivity index is 2.30. The summed E-state index contributed by atoms with van der Waals surface area (Å²) in [5.41, 5.74) is 2.29. The fourth-order valence-corrected chi connectivity index (χ4v) is 3.12. The smallest absolute Gasteiger partial charge is 0.174 e. The van der Waals surface area contributed by atoms with Crippen LogP contribution in [0.25, 0.3) is 5.57 Å². The van der Waals surface area contributed by atoms with Gasteiger partial charge in [-0.1, -0.05) is 31.2 Å². The molecule has 1 aromatic rings. The van der Waals surface area contributed by atoms with Gasteiger partial charge in [-0.25, -0.2) is 0 Å². The molecule has 0 amide bonds. The van der Waals surface area contributed by atoms with Gasteiger partial charge >= 0.3 is 0 Å². The Labute approximate surface area is 100 Å². The van der Waals surface area contributed by atoms with Crippen LogP contribution in [0.1, 0.15) is 42.1 Å². The zero-order valence-electron chi connectivity index (χ0n) is 9.82. The van der Waals surface area contributed by atoms with E-state index in [2.05, 4.69) is 0 Å². The van der Waals surface area contributed by atoms with Crippen molar-refractivity contribution < 1.29 is 9.59 Å². The van der Waals surface area contributed by atoms with E-state index in [-0.39, 0.29) is 11.6 Å². The molecule has 0 aliphatic heterocycles. The summed E-state index contributed by atoms with van der Waals surface area (Å²) >= 11 is 0. The summed E-state index contributed by atoms with van der Waals surface area (Å²) in [6.45, 7) is 2.04. The maximum atomic E-state index is 12.5. The lowest BCUT2D eigenvalue weighted by Crippen LogP contribution is -2.30. The average Bonchev–Trinajstić information content (AvgIpc) is 2.61. The van der Waals surface area contributed by atoms with Gasteiger partial charge in [-0.05, 0) is 30.1 Å². The van der Waals surface area contributed by atoms with Crippen LogP contribution in [0.3, 0.4) is 0 Å². The largest absolute Gasteiger partial charge is 0.295 e. The van der Waals surface area contributed by atoms with Crippen molar-refractivity contribution in [1.29, 1.82) is 0 Å². The highest BCUT2D eigenvalue weighted by Gasteiger charge is 2.49. The van der Waals surface area contributed by atoms with Gasteiger partial charge in [-0.3, -0.25) is 9.59 Å². The van der Waals surface area contributed by atoms with Gasteiger partial charge in [0.25, 0.3) is 0 Å². The fraction of sp³-hybridized carbons (Fsp3) is 0.333. The van der Waals surface area contributed by atoms with E-state index in [9.17, 15) is 9.59 Å². The fourth-order valence-electron chi connectivity index (χ4n) is 3.12. The van der Waals surface area contributed by atoms with Crippen LogP contribution in [0.5, 0.6) is 0 Å². The average molecular weight is 226 g/mol. The summed E-state index contributed by atoms with van der Waals surface area (Å²) in [5.74, 6) is 0.350. The molecule has 0 N–H and O–H groups in total. The molecule has 2 aliphatic rings. The predicted molar refractivity (Wildman–Crippen MR) is 65.7 cm³/mol. The molecule has 0 radical (unpaired) electrons. The van der Waals surface area contributed by atoms with Crippen molar-refractivity contribution in [2.75, 3.05) is 0 Å². The lowest BCUT2D eigenvalue weighted by Gasteiger charge is -2.30. The van der Waals surface area contributed by atoms with Gasteiger partial charge in [0.1, 0.15) is 0 Å². The van der Waals surface area contributed by atoms with E-state index in [1.807, 2.05) is 31.2 Å². The Bertz CT molecular complexity index is 554. The second kappa shape index (κ2) is 3.39. The summed E-state index contributed by atoms with van der Waals surface area (Å²) in [5, 5.41) is 0. The Morgan fingerprint density at radius 2 is 1.88 bits per heavy atom. The molecule has 2 aliphatic carbocycles. The summed E-state index contributed by atoms with van der Waals surface area (Å²) in [7, 11) is 0. The summed E-state index contributed by atoms with van der Waals surface area (Å²) in [6, 6.07) is 7.64. The quantitative estimate of drug-likeness (QED) is 0.737. The molecule has 0 aromatic heterocycles. The maximum Gasteiger partial charge on any atom is 0.174 e. The van der Waals surface area contributed by atoms with E-state index >= 15 is 0 Å². The maximum absolute atomic E-state index is 12.5. The van der Waals surface area contributed by atoms with Crippen molar-refractivity contribution in [2.45, 2.75) is 26.2 Å². The van der Waals surface area contributed by atoms with Crippen LogP contribution in [0.4, 0.5) is 0 Å². The van der Waals surface area contributed by atoms with Gasteiger partial charge in [0.05, 0.1) is 5.41 Å². The summed E-state index contributed by atoms with van der Waals surface area (Å²) in [6.07, 6.45) is 3.63. The summed E-state index contributed by atoms with van der Waals surface area (Å²) in [4.78, 5) is 24.1. The Morgan fingerprint density at radius 1 is 1.18 bits per heavy atom. The lowest BCUT2D eigenvalue weighted by atomic mass is 9.70. The molecule has 0 unspecified atom stereocenters. The molecule has 0 heterocycles. The standard InChI is InChI=1S/C15H14O2/c1-2-15-8-7-10(16)9-13(15)11-5-3-4-6-12(11)14(15)17/h3-6,9H,2,7-8H2,1H3/t15-/m1/s1. The first kappa shape index (κ1) is 10.5. The van der Waals surface area contributed by atoms with Crippen LogP contribution in [0.15, 0.2) is 30.3 Å². The van der Waals surface area contributed by atoms with E-state index < -0.39 is 5.41 Å². The number of carbonyl (C=O) groups excluding carboxylic acids is 2. The molecule has 86 valence electrons. The number of ketones is 2. The molecular weight excluding hydrogens is 212 g/mol. The van der Waals surface area contributed by atoms with Crippen LogP contribution >= 0.6 is 0 Å². The predicted octanol–water partition coefficient (Wildman–Crippen LogP) is 3.03.